The molecule has 0 saturated heterocycles. The van der Waals surface area contributed by atoms with Crippen LogP contribution in [0.25, 0.3) is 0 Å². The molecule has 0 aromatic heterocycles. The molecule has 1 heteroatoms. The minimum Gasteiger partial charge on any atom is -0.328 e. The lowest BCUT2D eigenvalue weighted by molar-refractivity contribution is 0.418. The summed E-state index contributed by atoms with van der Waals surface area (Å²) in [5.41, 5.74) is 5.89. The Morgan fingerprint density at radius 3 is 2.40 bits per heavy atom. The van der Waals surface area contributed by atoms with E-state index < -0.39 is 0 Å². The van der Waals surface area contributed by atoms with Gasteiger partial charge in [0.2, 0.25) is 0 Å². The predicted octanol–water partition coefficient (Wildman–Crippen LogP) is 2.16. The van der Waals surface area contributed by atoms with E-state index in [0.717, 1.165) is 11.8 Å². The van der Waals surface area contributed by atoms with Gasteiger partial charge in [-0.2, -0.15) is 0 Å². The summed E-state index contributed by atoms with van der Waals surface area (Å²) < 4.78 is 0. The zero-order chi connectivity index (χ0) is 7.56. The number of rotatable bonds is 0. The third kappa shape index (κ3) is 2.30. The van der Waals surface area contributed by atoms with E-state index in [4.69, 9.17) is 5.73 Å². The van der Waals surface area contributed by atoms with Crippen molar-refractivity contribution < 1.29 is 0 Å². The highest BCUT2D eigenvalue weighted by atomic mass is 14.6. The normalized spacial score (nSPS) is 42.9. The molecule has 2 N–H and O–H groups in total. The van der Waals surface area contributed by atoms with Gasteiger partial charge in [0.15, 0.2) is 0 Å². The third-order valence-corrected chi connectivity index (χ3v) is 2.54. The number of nitrogens with two attached hydrogens (primary N) is 1. The molecule has 10 heavy (non-hydrogen) atoms. The molecule has 0 aliphatic heterocycles. The van der Waals surface area contributed by atoms with Crippen molar-refractivity contribution in [1.82, 2.24) is 0 Å². The average Bonchev–Trinajstić information content (AvgIpc) is 1.93. The van der Waals surface area contributed by atoms with E-state index in [1.54, 1.807) is 0 Å². The van der Waals surface area contributed by atoms with Crippen LogP contribution in [-0.4, -0.2) is 6.04 Å². The van der Waals surface area contributed by atoms with E-state index >= 15 is 0 Å². The van der Waals surface area contributed by atoms with E-state index in [1.807, 2.05) is 0 Å². The first-order valence-electron chi connectivity index (χ1n) is 4.44. The highest BCUT2D eigenvalue weighted by molar-refractivity contribution is 4.73. The molecule has 0 bridgehead atoms. The Bertz CT molecular complexity index is 88.9. The van der Waals surface area contributed by atoms with Crippen LogP contribution >= 0.6 is 0 Å². The summed E-state index contributed by atoms with van der Waals surface area (Å²) in [6.45, 7) is 4.66. The fourth-order valence-corrected chi connectivity index (χ4v) is 2.03. The summed E-state index contributed by atoms with van der Waals surface area (Å²) in [5.74, 6) is 1.76. The molecule has 1 rings (SSSR count). The van der Waals surface area contributed by atoms with Crippen molar-refractivity contribution in [2.75, 3.05) is 0 Å². The van der Waals surface area contributed by atoms with Crippen LogP contribution in [0.5, 0.6) is 0 Å². The van der Waals surface area contributed by atoms with Gasteiger partial charge in [0.1, 0.15) is 0 Å². The van der Waals surface area contributed by atoms with Crippen LogP contribution in [0, 0.1) is 11.8 Å². The largest absolute Gasteiger partial charge is 0.328 e. The highest BCUT2D eigenvalue weighted by Crippen LogP contribution is 2.25. The Morgan fingerprint density at radius 1 is 1.00 bits per heavy atom. The van der Waals surface area contributed by atoms with Gasteiger partial charge in [-0.1, -0.05) is 13.8 Å². The summed E-state index contributed by atoms with van der Waals surface area (Å²) in [6, 6.07) is 0.486. The first-order chi connectivity index (χ1) is 4.68. The highest BCUT2D eigenvalue weighted by Gasteiger charge is 2.17. The minimum atomic E-state index is 0.486. The molecule has 1 aliphatic carbocycles. The van der Waals surface area contributed by atoms with Gasteiger partial charge >= 0.3 is 0 Å². The molecule has 0 heterocycles. The van der Waals surface area contributed by atoms with Gasteiger partial charge in [-0.25, -0.2) is 0 Å². The topological polar surface area (TPSA) is 26.0 Å². The number of hydrogen-bond acceptors (Lipinski definition) is 1. The smallest absolute Gasteiger partial charge is 0.00414 e. The standard InChI is InChI=1S/C9H19N/c1-7-3-4-9(10)6-8(2)5-7/h7-9H,3-6,10H2,1-2H3/t7-,8?,9-/m0/s1. The predicted molar refractivity (Wildman–Crippen MR) is 44.8 cm³/mol. The first kappa shape index (κ1) is 8.06. The Labute approximate surface area is 64.0 Å². The average molecular weight is 141 g/mol. The second-order valence-corrected chi connectivity index (χ2v) is 4.02. The molecule has 1 saturated carbocycles. The van der Waals surface area contributed by atoms with Gasteiger partial charge in [-0.05, 0) is 37.5 Å². The van der Waals surface area contributed by atoms with Crippen LogP contribution in [0.1, 0.15) is 39.5 Å². The van der Waals surface area contributed by atoms with Gasteiger partial charge in [0.25, 0.3) is 0 Å². The maximum atomic E-state index is 5.89. The lowest BCUT2D eigenvalue weighted by Crippen LogP contribution is -2.20. The molecule has 1 unspecified atom stereocenters. The van der Waals surface area contributed by atoms with Gasteiger partial charge < -0.3 is 5.73 Å². The van der Waals surface area contributed by atoms with Crippen molar-refractivity contribution in [3.05, 3.63) is 0 Å². The van der Waals surface area contributed by atoms with Crippen LogP contribution in [0.4, 0.5) is 0 Å². The fraction of sp³-hybridized carbons (Fsp3) is 1.00. The van der Waals surface area contributed by atoms with Crippen molar-refractivity contribution in [3.8, 4) is 0 Å². The zero-order valence-electron chi connectivity index (χ0n) is 7.14. The van der Waals surface area contributed by atoms with Gasteiger partial charge in [0, 0.05) is 6.04 Å². The molecule has 60 valence electrons. The molecular formula is C9H19N. The second-order valence-electron chi connectivity index (χ2n) is 4.02. The molecule has 0 aromatic carbocycles. The van der Waals surface area contributed by atoms with Crippen LogP contribution in [-0.2, 0) is 0 Å². The van der Waals surface area contributed by atoms with Crippen LogP contribution in [0.3, 0.4) is 0 Å². The van der Waals surface area contributed by atoms with Crippen molar-refractivity contribution in [2.24, 2.45) is 17.6 Å². The molecule has 3 atom stereocenters. The molecule has 1 nitrogen and oxygen atoms in total. The van der Waals surface area contributed by atoms with Crippen LogP contribution in [0.2, 0.25) is 0 Å². The fourth-order valence-electron chi connectivity index (χ4n) is 2.03. The van der Waals surface area contributed by atoms with Crippen LogP contribution < -0.4 is 5.73 Å². The van der Waals surface area contributed by atoms with Crippen molar-refractivity contribution in [3.63, 3.8) is 0 Å². The molecule has 0 amide bonds. The molecule has 0 radical (unpaired) electrons. The SMILES string of the molecule is CC1C[C@@H](C)CC[C@H](N)C1. The molecular weight excluding hydrogens is 122 g/mol. The maximum Gasteiger partial charge on any atom is 0.00414 e. The van der Waals surface area contributed by atoms with Crippen molar-refractivity contribution >= 4 is 0 Å². The third-order valence-electron chi connectivity index (χ3n) is 2.54. The summed E-state index contributed by atoms with van der Waals surface area (Å²) in [6.07, 6.45) is 5.20. The summed E-state index contributed by atoms with van der Waals surface area (Å²) in [4.78, 5) is 0. The lowest BCUT2D eigenvalue weighted by atomic mass is 9.96. The van der Waals surface area contributed by atoms with E-state index in [1.165, 1.54) is 25.7 Å². The van der Waals surface area contributed by atoms with E-state index in [0.29, 0.717) is 6.04 Å². The summed E-state index contributed by atoms with van der Waals surface area (Å²) in [7, 11) is 0. The Morgan fingerprint density at radius 2 is 1.70 bits per heavy atom. The molecule has 0 aromatic rings. The Balaban J connectivity index is 2.38. The first-order valence-corrected chi connectivity index (χ1v) is 4.44. The molecule has 0 spiro atoms. The second kappa shape index (κ2) is 3.38. The number of hydrogen-bond donors (Lipinski definition) is 1. The van der Waals surface area contributed by atoms with Gasteiger partial charge in [0.05, 0.1) is 0 Å². The van der Waals surface area contributed by atoms with Gasteiger partial charge in [-0.15, -0.1) is 0 Å². The zero-order valence-corrected chi connectivity index (χ0v) is 7.14. The van der Waals surface area contributed by atoms with Crippen molar-refractivity contribution in [2.45, 2.75) is 45.6 Å². The molecule has 1 fully saturated rings. The van der Waals surface area contributed by atoms with E-state index in [-0.39, 0.29) is 0 Å². The van der Waals surface area contributed by atoms with E-state index in [2.05, 4.69) is 13.8 Å². The molecule has 1 aliphatic rings. The van der Waals surface area contributed by atoms with Crippen LogP contribution in [0.15, 0.2) is 0 Å². The summed E-state index contributed by atoms with van der Waals surface area (Å²) in [5, 5.41) is 0. The Kier molecular flexibility index (Phi) is 2.72. The minimum absolute atomic E-state index is 0.486. The summed E-state index contributed by atoms with van der Waals surface area (Å²) >= 11 is 0. The van der Waals surface area contributed by atoms with E-state index in [9.17, 15) is 0 Å². The quantitative estimate of drug-likeness (QED) is 0.514. The lowest BCUT2D eigenvalue weighted by Gasteiger charge is -2.11. The van der Waals surface area contributed by atoms with Crippen molar-refractivity contribution in [1.29, 1.82) is 0 Å². The van der Waals surface area contributed by atoms with Gasteiger partial charge in [-0.3, -0.25) is 0 Å². The maximum absolute atomic E-state index is 5.89. The Hall–Kier alpha value is -0.0400. The monoisotopic (exact) mass is 141 g/mol.